The predicted octanol–water partition coefficient (Wildman–Crippen LogP) is 4.06. The molecular formula is C18H16FNO4S. The fraction of sp³-hybridized carbons (Fsp3) is 0.222. The standard InChI is InChI=1S/C18H16FNO4S/c1-2-3-8-24-18(23)14-15(21)16-13(17(22)20-14)12(9-25-16)10-4-6-11(19)7-5-10/h4-7,9,21H,2-3,8H2,1H3,(H,20,22). The second-order valence-corrected chi connectivity index (χ2v) is 6.41. The lowest BCUT2D eigenvalue weighted by Gasteiger charge is -2.07. The number of fused-ring (bicyclic) bond motifs is 1. The first kappa shape index (κ1) is 17.2. The van der Waals surface area contributed by atoms with Crippen molar-refractivity contribution in [2.75, 3.05) is 6.61 Å². The number of halogens is 1. The van der Waals surface area contributed by atoms with E-state index in [1.807, 2.05) is 6.92 Å². The van der Waals surface area contributed by atoms with Gasteiger partial charge in [-0.3, -0.25) is 4.79 Å². The third-order valence-corrected chi connectivity index (χ3v) is 4.79. The molecule has 0 saturated carbocycles. The van der Waals surface area contributed by atoms with E-state index in [0.29, 0.717) is 22.2 Å². The van der Waals surface area contributed by atoms with Crippen LogP contribution in [-0.4, -0.2) is 22.7 Å². The lowest BCUT2D eigenvalue weighted by atomic mass is 10.1. The van der Waals surface area contributed by atoms with E-state index in [-0.39, 0.29) is 29.3 Å². The first-order valence-electron chi connectivity index (χ1n) is 7.82. The highest BCUT2D eigenvalue weighted by Gasteiger charge is 2.21. The second kappa shape index (κ2) is 7.06. The molecule has 0 aliphatic carbocycles. The zero-order chi connectivity index (χ0) is 18.0. The van der Waals surface area contributed by atoms with E-state index < -0.39 is 11.5 Å². The minimum absolute atomic E-state index is 0.222. The van der Waals surface area contributed by atoms with Gasteiger partial charge in [-0.2, -0.15) is 0 Å². The van der Waals surface area contributed by atoms with Gasteiger partial charge >= 0.3 is 5.97 Å². The van der Waals surface area contributed by atoms with E-state index in [4.69, 9.17) is 4.74 Å². The zero-order valence-electron chi connectivity index (χ0n) is 13.5. The molecule has 0 atom stereocenters. The van der Waals surface area contributed by atoms with Gasteiger partial charge in [0.05, 0.1) is 16.7 Å². The van der Waals surface area contributed by atoms with Gasteiger partial charge in [0, 0.05) is 10.9 Å². The molecule has 3 rings (SSSR count). The SMILES string of the molecule is CCCCOC(=O)c1[nH]c(=O)c2c(-c3ccc(F)cc3)csc2c1O. The summed E-state index contributed by atoms with van der Waals surface area (Å²) in [6.45, 7) is 2.18. The molecule has 0 amide bonds. The molecule has 2 heterocycles. The minimum atomic E-state index is -0.762. The van der Waals surface area contributed by atoms with Crippen molar-refractivity contribution < 1.29 is 19.0 Å². The maximum Gasteiger partial charge on any atom is 0.358 e. The molecule has 0 fully saturated rings. The lowest BCUT2D eigenvalue weighted by Crippen LogP contribution is -2.16. The fourth-order valence-corrected chi connectivity index (χ4v) is 3.50. The van der Waals surface area contributed by atoms with E-state index in [2.05, 4.69) is 4.98 Å². The van der Waals surface area contributed by atoms with Crippen molar-refractivity contribution in [3.63, 3.8) is 0 Å². The van der Waals surface area contributed by atoms with Gasteiger partial charge in [0.1, 0.15) is 5.82 Å². The average Bonchev–Trinajstić information content (AvgIpc) is 3.05. The third kappa shape index (κ3) is 3.28. The van der Waals surface area contributed by atoms with Gasteiger partial charge in [-0.15, -0.1) is 11.3 Å². The molecule has 0 bridgehead atoms. The van der Waals surface area contributed by atoms with Crippen LogP contribution >= 0.6 is 11.3 Å². The molecule has 25 heavy (non-hydrogen) atoms. The summed E-state index contributed by atoms with van der Waals surface area (Å²) in [5, 5.41) is 12.3. The van der Waals surface area contributed by atoms with E-state index in [9.17, 15) is 19.1 Å². The largest absolute Gasteiger partial charge is 0.504 e. The van der Waals surface area contributed by atoms with E-state index in [1.54, 1.807) is 17.5 Å². The molecule has 0 unspecified atom stereocenters. The zero-order valence-corrected chi connectivity index (χ0v) is 14.3. The number of H-pyrrole nitrogens is 1. The Morgan fingerprint density at radius 2 is 2.04 bits per heavy atom. The van der Waals surface area contributed by atoms with Gasteiger partial charge in [-0.05, 0) is 24.1 Å². The minimum Gasteiger partial charge on any atom is -0.504 e. The summed E-state index contributed by atoms with van der Waals surface area (Å²) in [6, 6.07) is 5.71. The van der Waals surface area contributed by atoms with Crippen molar-refractivity contribution in [1.29, 1.82) is 0 Å². The Hall–Kier alpha value is -2.67. The lowest BCUT2D eigenvalue weighted by molar-refractivity contribution is 0.0489. The maximum atomic E-state index is 13.1. The summed E-state index contributed by atoms with van der Waals surface area (Å²) >= 11 is 1.14. The number of thiophene rings is 1. The Kier molecular flexibility index (Phi) is 4.85. The number of aromatic nitrogens is 1. The molecule has 0 aliphatic rings. The third-order valence-electron chi connectivity index (χ3n) is 3.80. The van der Waals surface area contributed by atoms with Crippen LogP contribution in [0.5, 0.6) is 5.75 Å². The van der Waals surface area contributed by atoms with Gasteiger partial charge in [0.25, 0.3) is 5.56 Å². The van der Waals surface area contributed by atoms with Gasteiger partial charge in [-0.1, -0.05) is 25.5 Å². The Labute approximate surface area is 146 Å². The number of aromatic amines is 1. The second-order valence-electron chi connectivity index (χ2n) is 5.53. The molecule has 5 nitrogen and oxygen atoms in total. The number of aromatic hydroxyl groups is 1. The molecule has 0 saturated heterocycles. The summed E-state index contributed by atoms with van der Waals surface area (Å²) in [6.07, 6.45) is 1.56. The van der Waals surface area contributed by atoms with Gasteiger partial charge in [0.2, 0.25) is 0 Å². The quantitative estimate of drug-likeness (QED) is 0.531. The molecule has 0 radical (unpaired) electrons. The topological polar surface area (TPSA) is 79.4 Å². The van der Waals surface area contributed by atoms with Crippen LogP contribution in [0.4, 0.5) is 4.39 Å². The van der Waals surface area contributed by atoms with Crippen molar-refractivity contribution in [3.05, 3.63) is 51.5 Å². The molecule has 0 aliphatic heterocycles. The first-order valence-corrected chi connectivity index (χ1v) is 8.70. The number of benzene rings is 1. The molecule has 7 heteroatoms. The van der Waals surface area contributed by atoms with E-state index >= 15 is 0 Å². The van der Waals surface area contributed by atoms with Crippen LogP contribution in [0.15, 0.2) is 34.4 Å². The summed E-state index contributed by atoms with van der Waals surface area (Å²) in [7, 11) is 0. The molecule has 130 valence electrons. The number of nitrogens with one attached hydrogen (secondary N) is 1. The van der Waals surface area contributed by atoms with Gasteiger partial charge in [-0.25, -0.2) is 9.18 Å². The molecule has 0 spiro atoms. The summed E-state index contributed by atoms with van der Waals surface area (Å²) < 4.78 is 18.4. The molecule has 2 N–H and O–H groups in total. The Morgan fingerprint density at radius 1 is 1.32 bits per heavy atom. The highest BCUT2D eigenvalue weighted by molar-refractivity contribution is 7.18. The Morgan fingerprint density at radius 3 is 2.72 bits per heavy atom. The van der Waals surface area contributed by atoms with Crippen LogP contribution in [0, 0.1) is 5.82 Å². The average molecular weight is 361 g/mol. The van der Waals surface area contributed by atoms with Crippen LogP contribution in [-0.2, 0) is 4.74 Å². The monoisotopic (exact) mass is 361 g/mol. The number of ether oxygens (including phenoxy) is 1. The van der Waals surface area contributed by atoms with Crippen molar-refractivity contribution in [2.45, 2.75) is 19.8 Å². The highest BCUT2D eigenvalue weighted by atomic mass is 32.1. The first-order chi connectivity index (χ1) is 12.0. The van der Waals surface area contributed by atoms with E-state index in [1.165, 1.54) is 12.1 Å². The van der Waals surface area contributed by atoms with Crippen molar-refractivity contribution >= 4 is 27.4 Å². The van der Waals surface area contributed by atoms with Gasteiger partial charge in [0.15, 0.2) is 11.4 Å². The number of carbonyl (C=O) groups is 1. The number of hydrogen-bond acceptors (Lipinski definition) is 5. The number of unbranched alkanes of at least 4 members (excludes halogenated alkanes) is 1. The Bertz CT molecular complexity index is 975. The predicted molar refractivity (Wildman–Crippen MR) is 94.7 cm³/mol. The number of esters is 1. The van der Waals surface area contributed by atoms with Crippen LogP contribution < -0.4 is 5.56 Å². The molecule has 1 aromatic carbocycles. The number of carbonyl (C=O) groups excluding carboxylic acids is 1. The van der Waals surface area contributed by atoms with Crippen LogP contribution in [0.25, 0.3) is 21.2 Å². The van der Waals surface area contributed by atoms with Crippen molar-refractivity contribution in [3.8, 4) is 16.9 Å². The summed E-state index contributed by atoms with van der Waals surface area (Å²) in [5.74, 6) is -1.45. The maximum absolute atomic E-state index is 13.1. The summed E-state index contributed by atoms with van der Waals surface area (Å²) in [5.41, 5.74) is 0.468. The highest BCUT2D eigenvalue weighted by Crippen LogP contribution is 2.37. The van der Waals surface area contributed by atoms with Crippen molar-refractivity contribution in [2.24, 2.45) is 0 Å². The fourth-order valence-electron chi connectivity index (χ4n) is 2.48. The molecule has 2 aromatic heterocycles. The molecular weight excluding hydrogens is 345 g/mol. The normalized spacial score (nSPS) is 11.0. The smallest absolute Gasteiger partial charge is 0.358 e. The number of hydrogen-bond donors (Lipinski definition) is 2. The molecule has 3 aromatic rings. The van der Waals surface area contributed by atoms with Gasteiger partial charge < -0.3 is 14.8 Å². The van der Waals surface area contributed by atoms with Crippen LogP contribution in [0.3, 0.4) is 0 Å². The van der Waals surface area contributed by atoms with Crippen molar-refractivity contribution in [1.82, 2.24) is 4.98 Å². The van der Waals surface area contributed by atoms with Crippen LogP contribution in [0.2, 0.25) is 0 Å². The van der Waals surface area contributed by atoms with Crippen LogP contribution in [0.1, 0.15) is 30.3 Å². The van der Waals surface area contributed by atoms with E-state index in [0.717, 1.165) is 17.8 Å². The number of rotatable bonds is 5. The Balaban J connectivity index is 2.06. The summed E-state index contributed by atoms with van der Waals surface area (Å²) in [4.78, 5) is 26.9. The number of pyridine rings is 1.